The van der Waals surface area contributed by atoms with Gasteiger partial charge in [-0.25, -0.2) is 0 Å². The minimum absolute atomic E-state index is 0.155. The van der Waals surface area contributed by atoms with Crippen molar-refractivity contribution >= 4 is 5.78 Å². The lowest BCUT2D eigenvalue weighted by molar-refractivity contribution is 0.0967. The summed E-state index contributed by atoms with van der Waals surface area (Å²) in [5.74, 6) is -0.0621. The van der Waals surface area contributed by atoms with Crippen molar-refractivity contribution in [2.24, 2.45) is 0 Å². The molecule has 2 heterocycles. The van der Waals surface area contributed by atoms with Crippen LogP contribution in [0.2, 0.25) is 0 Å². The average Bonchev–Trinajstić information content (AvgIpc) is 3.25. The molecule has 4 aromatic rings. The molecule has 4 rings (SSSR count). The van der Waals surface area contributed by atoms with Crippen LogP contribution >= 0.6 is 0 Å². The molecule has 2 aromatic carbocycles. The van der Waals surface area contributed by atoms with Gasteiger partial charge in [-0.15, -0.1) is 0 Å². The maximum Gasteiger partial charge on any atom is 0.270 e. The van der Waals surface area contributed by atoms with Crippen LogP contribution in [0.15, 0.2) is 69.7 Å². The third-order valence-corrected chi connectivity index (χ3v) is 4.26. The van der Waals surface area contributed by atoms with Gasteiger partial charge in [0.15, 0.2) is 0 Å². The van der Waals surface area contributed by atoms with E-state index in [1.165, 1.54) is 0 Å². The van der Waals surface area contributed by atoms with Crippen molar-refractivity contribution in [3.05, 3.63) is 83.6 Å². The van der Waals surface area contributed by atoms with Crippen LogP contribution in [0.3, 0.4) is 0 Å². The van der Waals surface area contributed by atoms with E-state index in [2.05, 4.69) is 10.3 Å². The normalized spacial score (nSPS) is 10.8. The number of carbonyl (C=O) groups excluding carboxylic acids is 1. The molecule has 0 N–H and O–H groups in total. The molecule has 128 valence electrons. The van der Waals surface area contributed by atoms with E-state index in [4.69, 9.17) is 9.05 Å². The molecule has 5 nitrogen and oxygen atoms in total. The van der Waals surface area contributed by atoms with Crippen molar-refractivity contribution in [2.75, 3.05) is 0 Å². The van der Waals surface area contributed by atoms with E-state index in [1.54, 1.807) is 0 Å². The van der Waals surface area contributed by atoms with Crippen molar-refractivity contribution in [3.63, 3.8) is 0 Å². The third kappa shape index (κ3) is 2.63. The van der Waals surface area contributed by atoms with Gasteiger partial charge in [-0.05, 0) is 25.0 Å². The Labute approximate surface area is 150 Å². The first-order valence-corrected chi connectivity index (χ1v) is 8.25. The summed E-state index contributed by atoms with van der Waals surface area (Å²) in [5, 5.41) is 7.98. The lowest BCUT2D eigenvalue weighted by Crippen LogP contribution is -2.02. The van der Waals surface area contributed by atoms with Crippen LogP contribution in [0, 0.1) is 13.8 Å². The second-order valence-corrected chi connectivity index (χ2v) is 6.01. The molecule has 0 saturated heterocycles. The summed E-state index contributed by atoms with van der Waals surface area (Å²) in [6.07, 6.45) is 0. The number of nitrogens with zero attached hydrogens (tertiary/aromatic N) is 2. The summed E-state index contributed by atoms with van der Waals surface area (Å²) in [4.78, 5) is 13.2. The van der Waals surface area contributed by atoms with Gasteiger partial charge in [0.05, 0.1) is 22.5 Å². The van der Waals surface area contributed by atoms with Crippen LogP contribution in [0.25, 0.3) is 22.3 Å². The quantitative estimate of drug-likeness (QED) is 0.495. The van der Waals surface area contributed by atoms with Crippen LogP contribution in [0.1, 0.15) is 27.7 Å². The summed E-state index contributed by atoms with van der Waals surface area (Å²) in [5.41, 5.74) is 4.38. The Morgan fingerprint density at radius 2 is 1.08 bits per heavy atom. The molecule has 0 unspecified atom stereocenters. The lowest BCUT2D eigenvalue weighted by atomic mass is 9.97. The molecule has 0 amide bonds. The monoisotopic (exact) mass is 344 g/mol. The summed E-state index contributed by atoms with van der Waals surface area (Å²) in [6.45, 7) is 3.62. The Balaban J connectivity index is 1.85. The first-order valence-electron chi connectivity index (χ1n) is 8.25. The molecular formula is C21H16N2O3. The Kier molecular flexibility index (Phi) is 3.97. The largest absolute Gasteiger partial charge is 0.352 e. The number of carbonyl (C=O) groups is 1. The summed E-state index contributed by atoms with van der Waals surface area (Å²) < 4.78 is 10.8. The fraction of sp³-hybridized carbons (Fsp3) is 0.0952. The van der Waals surface area contributed by atoms with E-state index in [0.29, 0.717) is 22.5 Å². The zero-order valence-corrected chi connectivity index (χ0v) is 14.4. The minimum Gasteiger partial charge on any atom is -0.352 e. The Morgan fingerprint density at radius 3 is 1.46 bits per heavy atom. The molecule has 5 heteroatoms. The zero-order chi connectivity index (χ0) is 18.1. The molecule has 0 spiro atoms. The van der Waals surface area contributed by atoms with Gasteiger partial charge in [-0.1, -0.05) is 71.0 Å². The first-order chi connectivity index (χ1) is 12.7. The van der Waals surface area contributed by atoms with Crippen LogP contribution in [-0.4, -0.2) is 16.1 Å². The standard InChI is InChI=1S/C21H16N2O3/c1-13-17(15-9-5-3-6-10-15)20(25-22-13)19(24)21-18(14(2)23-26-21)16-11-7-4-8-12-16/h3-12H,1-2H3. The Hall–Kier alpha value is -3.47. The maximum atomic E-state index is 13.2. The Bertz CT molecular complexity index is 978. The molecule has 0 bridgehead atoms. The molecule has 0 fully saturated rings. The van der Waals surface area contributed by atoms with Crippen molar-refractivity contribution in [2.45, 2.75) is 13.8 Å². The summed E-state index contributed by atoms with van der Waals surface area (Å²) >= 11 is 0. The average molecular weight is 344 g/mol. The molecule has 0 radical (unpaired) electrons. The van der Waals surface area contributed by atoms with Gasteiger partial charge >= 0.3 is 0 Å². The van der Waals surface area contributed by atoms with Crippen LogP contribution in [0.5, 0.6) is 0 Å². The van der Waals surface area contributed by atoms with Crippen molar-refractivity contribution in [3.8, 4) is 22.3 Å². The fourth-order valence-corrected chi connectivity index (χ4v) is 3.04. The van der Waals surface area contributed by atoms with E-state index in [1.807, 2.05) is 74.5 Å². The molecule has 26 heavy (non-hydrogen) atoms. The number of rotatable bonds is 4. The number of benzene rings is 2. The predicted octanol–water partition coefficient (Wildman–Crippen LogP) is 4.84. The smallest absolute Gasteiger partial charge is 0.270 e. The highest BCUT2D eigenvalue weighted by Gasteiger charge is 2.29. The van der Waals surface area contributed by atoms with Gasteiger partial charge in [0.1, 0.15) is 0 Å². The number of aryl methyl sites for hydroxylation is 2. The Morgan fingerprint density at radius 1 is 0.692 bits per heavy atom. The van der Waals surface area contributed by atoms with Gasteiger partial charge < -0.3 is 9.05 Å². The topological polar surface area (TPSA) is 69.1 Å². The second kappa shape index (κ2) is 6.44. The lowest BCUT2D eigenvalue weighted by Gasteiger charge is -2.03. The van der Waals surface area contributed by atoms with E-state index >= 15 is 0 Å². The first kappa shape index (κ1) is 16.0. The highest BCUT2D eigenvalue weighted by Crippen LogP contribution is 2.33. The van der Waals surface area contributed by atoms with Gasteiger partial charge in [0.25, 0.3) is 5.78 Å². The van der Waals surface area contributed by atoms with Gasteiger partial charge in [0, 0.05) is 0 Å². The van der Waals surface area contributed by atoms with E-state index in [9.17, 15) is 4.79 Å². The number of hydrogen-bond acceptors (Lipinski definition) is 5. The minimum atomic E-state index is -0.371. The molecule has 0 aliphatic heterocycles. The molecular weight excluding hydrogens is 328 g/mol. The van der Waals surface area contributed by atoms with Gasteiger partial charge in [-0.2, -0.15) is 0 Å². The molecule has 0 saturated carbocycles. The number of aromatic nitrogens is 2. The zero-order valence-electron chi connectivity index (χ0n) is 14.4. The predicted molar refractivity (Wildman–Crippen MR) is 96.8 cm³/mol. The van der Waals surface area contributed by atoms with Crippen LogP contribution < -0.4 is 0 Å². The van der Waals surface area contributed by atoms with Crippen molar-refractivity contribution < 1.29 is 13.8 Å². The second-order valence-electron chi connectivity index (χ2n) is 6.01. The van der Waals surface area contributed by atoms with Crippen molar-refractivity contribution in [1.29, 1.82) is 0 Å². The molecule has 0 aliphatic rings. The SMILES string of the molecule is Cc1noc(C(=O)c2onc(C)c2-c2ccccc2)c1-c1ccccc1. The highest BCUT2D eigenvalue weighted by molar-refractivity contribution is 6.12. The number of ketones is 1. The van der Waals surface area contributed by atoms with Crippen molar-refractivity contribution in [1.82, 2.24) is 10.3 Å². The van der Waals surface area contributed by atoms with E-state index in [0.717, 1.165) is 11.1 Å². The third-order valence-electron chi connectivity index (χ3n) is 4.26. The number of hydrogen-bond donors (Lipinski definition) is 0. The highest BCUT2D eigenvalue weighted by atomic mass is 16.5. The molecule has 2 aromatic heterocycles. The maximum absolute atomic E-state index is 13.2. The summed E-state index contributed by atoms with van der Waals surface area (Å²) in [7, 11) is 0. The van der Waals surface area contributed by atoms with E-state index in [-0.39, 0.29) is 17.3 Å². The van der Waals surface area contributed by atoms with Crippen LogP contribution in [-0.2, 0) is 0 Å². The van der Waals surface area contributed by atoms with Crippen LogP contribution in [0.4, 0.5) is 0 Å². The van der Waals surface area contributed by atoms with E-state index < -0.39 is 0 Å². The van der Waals surface area contributed by atoms with Gasteiger partial charge in [-0.3, -0.25) is 4.79 Å². The molecule has 0 atom stereocenters. The van der Waals surface area contributed by atoms with Gasteiger partial charge in [0.2, 0.25) is 11.5 Å². The summed E-state index contributed by atoms with van der Waals surface area (Å²) in [6, 6.07) is 19.1. The fourth-order valence-electron chi connectivity index (χ4n) is 3.04. The molecule has 0 aliphatic carbocycles.